The van der Waals surface area contributed by atoms with Crippen LogP contribution < -0.4 is 5.32 Å². The lowest BCUT2D eigenvalue weighted by molar-refractivity contribution is -0.0586. The van der Waals surface area contributed by atoms with Crippen molar-refractivity contribution in [1.82, 2.24) is 9.88 Å². The van der Waals surface area contributed by atoms with Gasteiger partial charge in [0.2, 0.25) is 0 Å². The maximum absolute atomic E-state index is 12.5. The Bertz CT molecular complexity index is 426. The number of ether oxygens (including phenoxy) is 1. The minimum absolute atomic E-state index is 0.00875. The lowest BCUT2D eigenvalue weighted by Gasteiger charge is -2.35. The standard InChI is InChI=1S/C13H19N3O2/c1-9-7-16(8-10(2)18-9)13(17)11-5-4-6-15-12(11)14-3/h4-6,9-10H,7-8H2,1-3H3,(H,14,15)/t9-,10+. The number of morpholine rings is 1. The van der Waals surface area contributed by atoms with Gasteiger partial charge in [-0.3, -0.25) is 4.79 Å². The molecule has 18 heavy (non-hydrogen) atoms. The Kier molecular flexibility index (Phi) is 3.81. The quantitative estimate of drug-likeness (QED) is 0.860. The number of nitrogens with one attached hydrogen (secondary N) is 1. The van der Waals surface area contributed by atoms with E-state index in [-0.39, 0.29) is 18.1 Å². The van der Waals surface area contributed by atoms with Crippen LogP contribution in [0.3, 0.4) is 0 Å². The number of carbonyl (C=O) groups excluding carboxylic acids is 1. The van der Waals surface area contributed by atoms with Crippen molar-refractivity contribution in [3.05, 3.63) is 23.9 Å². The normalized spacial score (nSPS) is 23.8. The zero-order valence-electron chi connectivity index (χ0n) is 11.0. The van der Waals surface area contributed by atoms with Crippen molar-refractivity contribution in [1.29, 1.82) is 0 Å². The first-order valence-corrected chi connectivity index (χ1v) is 6.19. The van der Waals surface area contributed by atoms with Crippen molar-refractivity contribution >= 4 is 11.7 Å². The van der Waals surface area contributed by atoms with Crippen LogP contribution in [0.4, 0.5) is 5.82 Å². The molecule has 1 aromatic heterocycles. The van der Waals surface area contributed by atoms with Crippen molar-refractivity contribution in [3.8, 4) is 0 Å². The van der Waals surface area contributed by atoms with Crippen LogP contribution in [0.15, 0.2) is 18.3 Å². The smallest absolute Gasteiger partial charge is 0.257 e. The van der Waals surface area contributed by atoms with E-state index in [0.29, 0.717) is 24.5 Å². The highest BCUT2D eigenvalue weighted by Gasteiger charge is 2.27. The topological polar surface area (TPSA) is 54.5 Å². The Morgan fingerprint density at radius 2 is 2.11 bits per heavy atom. The molecular weight excluding hydrogens is 230 g/mol. The fourth-order valence-corrected chi connectivity index (χ4v) is 2.29. The third kappa shape index (κ3) is 2.61. The first-order valence-electron chi connectivity index (χ1n) is 6.19. The first kappa shape index (κ1) is 12.8. The highest BCUT2D eigenvalue weighted by atomic mass is 16.5. The molecule has 2 heterocycles. The van der Waals surface area contributed by atoms with Gasteiger partial charge in [0.1, 0.15) is 5.82 Å². The molecule has 1 saturated heterocycles. The third-order valence-corrected chi connectivity index (χ3v) is 2.98. The molecule has 0 spiro atoms. The molecule has 1 N–H and O–H groups in total. The van der Waals surface area contributed by atoms with E-state index in [1.54, 1.807) is 25.4 Å². The Hall–Kier alpha value is -1.62. The molecule has 0 aliphatic carbocycles. The van der Waals surface area contributed by atoms with Crippen LogP contribution in [0.25, 0.3) is 0 Å². The van der Waals surface area contributed by atoms with Crippen LogP contribution in [0.1, 0.15) is 24.2 Å². The summed E-state index contributed by atoms with van der Waals surface area (Å²) in [5, 5.41) is 2.95. The number of nitrogens with zero attached hydrogens (tertiary/aromatic N) is 2. The fraction of sp³-hybridized carbons (Fsp3) is 0.538. The summed E-state index contributed by atoms with van der Waals surface area (Å²) in [6.45, 7) is 5.22. The average molecular weight is 249 g/mol. The summed E-state index contributed by atoms with van der Waals surface area (Å²) in [5.41, 5.74) is 0.612. The van der Waals surface area contributed by atoms with Gasteiger partial charge in [-0.1, -0.05) is 0 Å². The van der Waals surface area contributed by atoms with Gasteiger partial charge in [-0.25, -0.2) is 4.98 Å². The zero-order chi connectivity index (χ0) is 13.1. The molecule has 0 radical (unpaired) electrons. The zero-order valence-corrected chi connectivity index (χ0v) is 11.0. The van der Waals surface area contributed by atoms with E-state index in [4.69, 9.17) is 4.74 Å². The molecule has 2 rings (SSSR count). The average Bonchev–Trinajstić information content (AvgIpc) is 2.36. The van der Waals surface area contributed by atoms with Gasteiger partial charge in [0, 0.05) is 26.3 Å². The molecule has 1 aliphatic heterocycles. The van der Waals surface area contributed by atoms with E-state index in [1.165, 1.54) is 0 Å². The Morgan fingerprint density at radius 3 is 2.72 bits per heavy atom. The number of hydrogen-bond donors (Lipinski definition) is 1. The highest BCUT2D eigenvalue weighted by molar-refractivity contribution is 5.98. The van der Waals surface area contributed by atoms with Gasteiger partial charge < -0.3 is 15.0 Å². The van der Waals surface area contributed by atoms with E-state index >= 15 is 0 Å². The molecule has 1 fully saturated rings. The number of carbonyl (C=O) groups is 1. The number of anilines is 1. The number of pyridine rings is 1. The van der Waals surface area contributed by atoms with Crippen LogP contribution in [0, 0.1) is 0 Å². The third-order valence-electron chi connectivity index (χ3n) is 2.98. The summed E-state index contributed by atoms with van der Waals surface area (Å²) in [5.74, 6) is 0.628. The van der Waals surface area contributed by atoms with E-state index in [0.717, 1.165) is 0 Å². The van der Waals surface area contributed by atoms with Gasteiger partial charge in [-0.05, 0) is 26.0 Å². The van der Waals surface area contributed by atoms with Crippen LogP contribution in [0.5, 0.6) is 0 Å². The number of hydrogen-bond acceptors (Lipinski definition) is 4. The molecule has 1 amide bonds. The first-order chi connectivity index (χ1) is 8.61. The molecule has 2 atom stereocenters. The molecule has 1 aromatic rings. The van der Waals surface area contributed by atoms with Gasteiger partial charge in [0.25, 0.3) is 5.91 Å². The second-order valence-electron chi connectivity index (χ2n) is 4.62. The van der Waals surface area contributed by atoms with Gasteiger partial charge >= 0.3 is 0 Å². The van der Waals surface area contributed by atoms with Crippen LogP contribution in [-0.4, -0.2) is 48.1 Å². The Labute approximate surface area is 107 Å². The maximum atomic E-state index is 12.5. The summed E-state index contributed by atoms with van der Waals surface area (Å²) in [4.78, 5) is 18.5. The monoisotopic (exact) mass is 249 g/mol. The summed E-state index contributed by atoms with van der Waals surface area (Å²) in [6.07, 6.45) is 1.83. The second-order valence-corrected chi connectivity index (χ2v) is 4.62. The Balaban J connectivity index is 2.20. The van der Waals surface area contributed by atoms with Crippen LogP contribution in [-0.2, 0) is 4.74 Å². The number of aromatic nitrogens is 1. The predicted molar refractivity (Wildman–Crippen MR) is 69.7 cm³/mol. The maximum Gasteiger partial charge on any atom is 0.257 e. The van der Waals surface area contributed by atoms with Crippen molar-refractivity contribution in [2.24, 2.45) is 0 Å². The molecule has 0 unspecified atom stereocenters. The van der Waals surface area contributed by atoms with Crippen LogP contribution >= 0.6 is 0 Å². The lowest BCUT2D eigenvalue weighted by Crippen LogP contribution is -2.48. The molecule has 0 bridgehead atoms. The van der Waals surface area contributed by atoms with Crippen molar-refractivity contribution in [2.75, 3.05) is 25.5 Å². The molecule has 0 aromatic carbocycles. The number of amides is 1. The summed E-state index contributed by atoms with van der Waals surface area (Å²) in [6, 6.07) is 3.58. The second kappa shape index (κ2) is 5.35. The van der Waals surface area contributed by atoms with Crippen molar-refractivity contribution < 1.29 is 9.53 Å². The van der Waals surface area contributed by atoms with Crippen molar-refractivity contribution in [2.45, 2.75) is 26.1 Å². The minimum Gasteiger partial charge on any atom is -0.372 e. The van der Waals surface area contributed by atoms with Gasteiger partial charge in [0.15, 0.2) is 0 Å². The molecule has 1 aliphatic rings. The van der Waals surface area contributed by atoms with E-state index in [1.807, 2.05) is 18.7 Å². The van der Waals surface area contributed by atoms with Crippen LogP contribution in [0.2, 0.25) is 0 Å². The van der Waals surface area contributed by atoms with Gasteiger partial charge in [-0.15, -0.1) is 0 Å². The largest absolute Gasteiger partial charge is 0.372 e. The van der Waals surface area contributed by atoms with E-state index in [2.05, 4.69) is 10.3 Å². The molecular formula is C13H19N3O2. The molecule has 98 valence electrons. The minimum atomic E-state index is 0.00875. The van der Waals surface area contributed by atoms with Crippen molar-refractivity contribution in [3.63, 3.8) is 0 Å². The Morgan fingerprint density at radius 1 is 1.44 bits per heavy atom. The van der Waals surface area contributed by atoms with Gasteiger partial charge in [-0.2, -0.15) is 0 Å². The lowest BCUT2D eigenvalue weighted by atomic mass is 10.1. The fourth-order valence-electron chi connectivity index (χ4n) is 2.29. The molecule has 0 saturated carbocycles. The van der Waals surface area contributed by atoms with E-state index in [9.17, 15) is 4.79 Å². The van der Waals surface area contributed by atoms with Gasteiger partial charge in [0.05, 0.1) is 17.8 Å². The number of rotatable bonds is 2. The summed E-state index contributed by atoms with van der Waals surface area (Å²) in [7, 11) is 1.77. The highest BCUT2D eigenvalue weighted by Crippen LogP contribution is 2.18. The molecule has 5 nitrogen and oxygen atoms in total. The summed E-state index contributed by atoms with van der Waals surface area (Å²) >= 11 is 0. The summed E-state index contributed by atoms with van der Waals surface area (Å²) < 4.78 is 5.63. The SMILES string of the molecule is CNc1ncccc1C(=O)N1C[C@@H](C)O[C@@H](C)C1. The van der Waals surface area contributed by atoms with E-state index < -0.39 is 0 Å². The molecule has 5 heteroatoms. The predicted octanol–water partition coefficient (Wildman–Crippen LogP) is 1.37.